The maximum absolute atomic E-state index is 13.5. The lowest BCUT2D eigenvalue weighted by Crippen LogP contribution is -2.07. The lowest BCUT2D eigenvalue weighted by atomic mass is 10.0. The first kappa shape index (κ1) is 11.9. The fraction of sp³-hybridized carbons (Fsp3) is 0.154. The molecule has 1 aromatic carbocycles. The van der Waals surface area contributed by atoms with Gasteiger partial charge < -0.3 is 0 Å². The smallest absolute Gasteiger partial charge is 0.209 e. The maximum Gasteiger partial charge on any atom is 0.209 e. The molecule has 0 unspecified atom stereocenters. The standard InChI is InChI=1S/C13H10F2OS/c1-2-8-6-7-17-13(8)12(16)11-9(14)4-3-5-10(11)15/h3-7H,2H2,1H3. The van der Waals surface area contributed by atoms with E-state index < -0.39 is 23.0 Å². The normalized spacial score (nSPS) is 10.5. The fourth-order valence-corrected chi connectivity index (χ4v) is 2.58. The summed E-state index contributed by atoms with van der Waals surface area (Å²) in [5.41, 5.74) is 0.354. The van der Waals surface area contributed by atoms with Crippen LogP contribution in [0.4, 0.5) is 8.78 Å². The number of hydrogen-bond donors (Lipinski definition) is 0. The Balaban J connectivity index is 2.51. The summed E-state index contributed by atoms with van der Waals surface area (Å²) in [6.07, 6.45) is 0.667. The Hall–Kier alpha value is -1.55. The van der Waals surface area contributed by atoms with Crippen molar-refractivity contribution in [3.8, 4) is 0 Å². The van der Waals surface area contributed by atoms with Gasteiger partial charge in [0, 0.05) is 0 Å². The number of halogens is 2. The number of ketones is 1. The molecule has 4 heteroatoms. The van der Waals surface area contributed by atoms with E-state index in [4.69, 9.17) is 0 Å². The first-order valence-electron chi connectivity index (χ1n) is 5.20. The molecule has 2 rings (SSSR count). The zero-order chi connectivity index (χ0) is 12.4. The molecule has 0 aliphatic rings. The average molecular weight is 252 g/mol. The molecule has 1 aromatic heterocycles. The minimum atomic E-state index is -0.814. The van der Waals surface area contributed by atoms with Crippen molar-refractivity contribution in [2.75, 3.05) is 0 Å². The quantitative estimate of drug-likeness (QED) is 0.759. The van der Waals surface area contributed by atoms with Crippen LogP contribution in [0.3, 0.4) is 0 Å². The van der Waals surface area contributed by atoms with E-state index in [2.05, 4.69) is 0 Å². The number of aryl methyl sites for hydroxylation is 1. The molecule has 0 amide bonds. The number of benzene rings is 1. The zero-order valence-electron chi connectivity index (χ0n) is 9.17. The molecule has 17 heavy (non-hydrogen) atoms. The second kappa shape index (κ2) is 4.75. The van der Waals surface area contributed by atoms with Crippen molar-refractivity contribution in [2.45, 2.75) is 13.3 Å². The van der Waals surface area contributed by atoms with E-state index in [1.54, 1.807) is 11.4 Å². The van der Waals surface area contributed by atoms with Crippen molar-refractivity contribution in [1.82, 2.24) is 0 Å². The molecule has 0 aliphatic carbocycles. The lowest BCUT2D eigenvalue weighted by Gasteiger charge is -2.04. The summed E-state index contributed by atoms with van der Waals surface area (Å²) in [4.78, 5) is 12.5. The summed E-state index contributed by atoms with van der Waals surface area (Å²) in [5, 5.41) is 1.75. The van der Waals surface area contributed by atoms with Crippen LogP contribution in [0, 0.1) is 11.6 Å². The molecule has 1 heterocycles. The molecule has 0 bridgehead atoms. The molecule has 0 fully saturated rings. The molecule has 2 aromatic rings. The van der Waals surface area contributed by atoms with Crippen LogP contribution in [-0.2, 0) is 6.42 Å². The fourth-order valence-electron chi connectivity index (χ4n) is 1.64. The Bertz CT molecular complexity index is 540. The Labute approximate surface area is 102 Å². The second-order valence-electron chi connectivity index (χ2n) is 3.55. The number of carbonyl (C=O) groups is 1. The van der Waals surface area contributed by atoms with Gasteiger partial charge in [-0.1, -0.05) is 13.0 Å². The summed E-state index contributed by atoms with van der Waals surface area (Å²) in [6.45, 7) is 1.90. The molecule has 0 aliphatic heterocycles. The third-order valence-electron chi connectivity index (χ3n) is 2.52. The van der Waals surface area contributed by atoms with Crippen LogP contribution in [0.2, 0.25) is 0 Å². The summed E-state index contributed by atoms with van der Waals surface area (Å²) in [7, 11) is 0. The van der Waals surface area contributed by atoms with E-state index >= 15 is 0 Å². The largest absolute Gasteiger partial charge is 0.287 e. The minimum absolute atomic E-state index is 0.413. The highest BCUT2D eigenvalue weighted by Gasteiger charge is 2.21. The highest BCUT2D eigenvalue weighted by molar-refractivity contribution is 7.12. The molecule has 0 N–H and O–H groups in total. The highest BCUT2D eigenvalue weighted by Crippen LogP contribution is 2.24. The van der Waals surface area contributed by atoms with Gasteiger partial charge in [0.25, 0.3) is 0 Å². The van der Waals surface area contributed by atoms with Gasteiger partial charge in [-0.3, -0.25) is 4.79 Å². The first-order chi connectivity index (χ1) is 8.15. The van der Waals surface area contributed by atoms with Crippen molar-refractivity contribution in [3.63, 3.8) is 0 Å². The summed E-state index contributed by atoms with van der Waals surface area (Å²) >= 11 is 1.21. The van der Waals surface area contributed by atoms with E-state index in [9.17, 15) is 13.6 Å². The molecule has 0 spiro atoms. The van der Waals surface area contributed by atoms with Gasteiger partial charge in [0.15, 0.2) is 0 Å². The van der Waals surface area contributed by atoms with E-state index in [0.717, 1.165) is 17.7 Å². The number of rotatable bonds is 3. The molecule has 0 saturated heterocycles. The van der Waals surface area contributed by atoms with Gasteiger partial charge in [0.1, 0.15) is 11.6 Å². The third-order valence-corrected chi connectivity index (χ3v) is 3.48. The van der Waals surface area contributed by atoms with E-state index in [0.29, 0.717) is 11.3 Å². The van der Waals surface area contributed by atoms with Crippen LogP contribution < -0.4 is 0 Å². The van der Waals surface area contributed by atoms with Gasteiger partial charge in [-0.25, -0.2) is 8.78 Å². The first-order valence-corrected chi connectivity index (χ1v) is 6.08. The van der Waals surface area contributed by atoms with E-state index in [1.165, 1.54) is 17.4 Å². The molecule has 88 valence electrons. The molecular formula is C13H10F2OS. The van der Waals surface area contributed by atoms with Crippen molar-refractivity contribution in [3.05, 3.63) is 57.3 Å². The number of hydrogen-bond acceptors (Lipinski definition) is 2. The Morgan fingerprint density at radius 3 is 2.47 bits per heavy atom. The summed E-state index contributed by atoms with van der Waals surface area (Å²) in [5.74, 6) is -2.21. The van der Waals surface area contributed by atoms with Crippen LogP contribution in [0.15, 0.2) is 29.6 Å². The van der Waals surface area contributed by atoms with Gasteiger partial charge in [0.2, 0.25) is 5.78 Å². The number of thiophene rings is 1. The van der Waals surface area contributed by atoms with Gasteiger partial charge in [-0.15, -0.1) is 11.3 Å². The van der Waals surface area contributed by atoms with Gasteiger partial charge in [-0.05, 0) is 35.6 Å². The maximum atomic E-state index is 13.5. The van der Waals surface area contributed by atoms with E-state index in [-0.39, 0.29) is 0 Å². The van der Waals surface area contributed by atoms with Crippen molar-refractivity contribution in [1.29, 1.82) is 0 Å². The van der Waals surface area contributed by atoms with Crippen molar-refractivity contribution < 1.29 is 13.6 Å². The van der Waals surface area contributed by atoms with Crippen molar-refractivity contribution >= 4 is 17.1 Å². The lowest BCUT2D eigenvalue weighted by molar-refractivity contribution is 0.103. The van der Waals surface area contributed by atoms with Gasteiger partial charge >= 0.3 is 0 Å². The van der Waals surface area contributed by atoms with Crippen LogP contribution in [0.5, 0.6) is 0 Å². The summed E-state index contributed by atoms with van der Waals surface area (Å²) in [6, 6.07) is 5.23. The second-order valence-corrected chi connectivity index (χ2v) is 4.47. The Morgan fingerprint density at radius 2 is 1.88 bits per heavy atom. The highest BCUT2D eigenvalue weighted by atomic mass is 32.1. The third kappa shape index (κ3) is 2.13. The average Bonchev–Trinajstić information content (AvgIpc) is 2.76. The topological polar surface area (TPSA) is 17.1 Å². The zero-order valence-corrected chi connectivity index (χ0v) is 9.98. The molecule has 0 radical (unpaired) electrons. The predicted octanol–water partition coefficient (Wildman–Crippen LogP) is 3.82. The van der Waals surface area contributed by atoms with Gasteiger partial charge in [0.05, 0.1) is 10.4 Å². The van der Waals surface area contributed by atoms with Crippen LogP contribution in [0.1, 0.15) is 27.7 Å². The van der Waals surface area contributed by atoms with Gasteiger partial charge in [-0.2, -0.15) is 0 Å². The Morgan fingerprint density at radius 1 is 1.24 bits per heavy atom. The van der Waals surface area contributed by atoms with E-state index in [1.807, 2.05) is 6.92 Å². The van der Waals surface area contributed by atoms with Crippen LogP contribution >= 0.6 is 11.3 Å². The summed E-state index contributed by atoms with van der Waals surface area (Å²) < 4.78 is 26.9. The SMILES string of the molecule is CCc1ccsc1C(=O)c1c(F)cccc1F. The number of carbonyl (C=O) groups excluding carboxylic acids is 1. The minimum Gasteiger partial charge on any atom is -0.287 e. The molecule has 1 nitrogen and oxygen atoms in total. The monoisotopic (exact) mass is 252 g/mol. The van der Waals surface area contributed by atoms with Crippen LogP contribution in [-0.4, -0.2) is 5.78 Å². The van der Waals surface area contributed by atoms with Crippen LogP contribution in [0.25, 0.3) is 0 Å². The molecular weight excluding hydrogens is 242 g/mol. The van der Waals surface area contributed by atoms with Crippen molar-refractivity contribution in [2.24, 2.45) is 0 Å². The Kier molecular flexibility index (Phi) is 3.33. The molecule has 0 atom stereocenters. The molecule has 0 saturated carbocycles. The predicted molar refractivity (Wildman–Crippen MR) is 63.5 cm³/mol.